The van der Waals surface area contributed by atoms with E-state index in [1.54, 1.807) is 12.0 Å². The molecule has 0 N–H and O–H groups in total. The molecule has 1 amide bonds. The Morgan fingerprint density at radius 1 is 1.29 bits per heavy atom. The zero-order valence-corrected chi connectivity index (χ0v) is 12.3. The summed E-state index contributed by atoms with van der Waals surface area (Å²) in [5.74, 6) is 0. The van der Waals surface area contributed by atoms with Crippen LogP contribution in [0.15, 0.2) is 0 Å². The Bertz CT molecular complexity index is 174. The smallest absolute Gasteiger partial charge is 0.410 e. The van der Waals surface area contributed by atoms with Gasteiger partial charge in [0.2, 0.25) is 0 Å². The van der Waals surface area contributed by atoms with Crippen LogP contribution in [0.4, 0.5) is 4.79 Å². The highest BCUT2D eigenvalue weighted by Gasteiger charge is 2.29. The number of carbonyl (C=O) groups is 1. The van der Waals surface area contributed by atoms with Crippen molar-refractivity contribution in [1.29, 1.82) is 0 Å². The third-order valence-electron chi connectivity index (χ3n) is 2.24. The second-order valence-electron chi connectivity index (χ2n) is 3.14. The van der Waals surface area contributed by atoms with Gasteiger partial charge in [0.05, 0.1) is 19.3 Å². The van der Waals surface area contributed by atoms with Crippen molar-refractivity contribution in [2.24, 2.45) is 0 Å². The number of rotatable bonds is 3. The number of amides is 1. The van der Waals surface area contributed by atoms with E-state index in [-0.39, 0.29) is 12.1 Å². The van der Waals surface area contributed by atoms with Crippen LogP contribution in [0.1, 0.15) is 47.5 Å². The van der Waals surface area contributed by atoms with E-state index >= 15 is 0 Å². The molecule has 1 heterocycles. The molecule has 4 heteroatoms. The minimum Gasteiger partial charge on any atom is -0.450 e. The lowest BCUT2D eigenvalue weighted by atomic mass is 10.2. The summed E-state index contributed by atoms with van der Waals surface area (Å²) < 4.78 is 9.97. The fraction of sp³-hybridized carbons (Fsp3) is 0.923. The molecule has 0 aliphatic carbocycles. The Labute approximate surface area is 106 Å². The van der Waals surface area contributed by atoms with E-state index in [9.17, 15) is 4.79 Å². The van der Waals surface area contributed by atoms with Gasteiger partial charge >= 0.3 is 6.09 Å². The van der Waals surface area contributed by atoms with Crippen LogP contribution in [0.5, 0.6) is 0 Å². The first-order valence-electron chi connectivity index (χ1n) is 6.72. The van der Waals surface area contributed by atoms with Gasteiger partial charge in [0.25, 0.3) is 0 Å². The van der Waals surface area contributed by atoms with Crippen LogP contribution in [0.25, 0.3) is 0 Å². The van der Waals surface area contributed by atoms with Gasteiger partial charge in [-0.25, -0.2) is 4.79 Å². The second kappa shape index (κ2) is 13.3. The Balaban J connectivity index is 0. The number of carbonyl (C=O) groups excluding carboxylic acids is 1. The quantitative estimate of drug-likeness (QED) is 0.768. The number of methoxy groups -OCH3 is 1. The average Bonchev–Trinajstić information content (AvgIpc) is 2.83. The SMILES string of the molecule is CC.CC.CCOC(=O)N1CCCC1COC. The zero-order valence-electron chi connectivity index (χ0n) is 12.3. The fourth-order valence-corrected chi connectivity index (χ4v) is 1.65. The molecule has 1 unspecified atom stereocenters. The van der Waals surface area contributed by atoms with Gasteiger partial charge in [0.15, 0.2) is 0 Å². The largest absolute Gasteiger partial charge is 0.450 e. The lowest BCUT2D eigenvalue weighted by molar-refractivity contribution is 0.0773. The summed E-state index contributed by atoms with van der Waals surface area (Å²) >= 11 is 0. The van der Waals surface area contributed by atoms with Crippen LogP contribution in [0, 0.1) is 0 Å². The van der Waals surface area contributed by atoms with Crippen LogP contribution >= 0.6 is 0 Å². The van der Waals surface area contributed by atoms with Gasteiger partial charge in [-0.05, 0) is 19.8 Å². The number of hydrogen-bond donors (Lipinski definition) is 0. The van der Waals surface area contributed by atoms with Gasteiger partial charge in [-0.1, -0.05) is 27.7 Å². The molecule has 17 heavy (non-hydrogen) atoms. The van der Waals surface area contributed by atoms with Crippen molar-refractivity contribution in [3.05, 3.63) is 0 Å². The van der Waals surface area contributed by atoms with E-state index < -0.39 is 0 Å². The predicted molar refractivity (Wildman–Crippen MR) is 71.3 cm³/mol. The average molecular weight is 247 g/mol. The molecule has 1 rings (SSSR count). The minimum absolute atomic E-state index is 0.206. The van der Waals surface area contributed by atoms with E-state index in [2.05, 4.69) is 0 Å². The number of nitrogens with zero attached hydrogens (tertiary/aromatic N) is 1. The zero-order chi connectivity index (χ0) is 13.7. The Morgan fingerprint density at radius 3 is 2.35 bits per heavy atom. The van der Waals surface area contributed by atoms with Gasteiger partial charge in [-0.3, -0.25) is 0 Å². The van der Waals surface area contributed by atoms with E-state index in [4.69, 9.17) is 9.47 Å². The molecule has 0 radical (unpaired) electrons. The highest BCUT2D eigenvalue weighted by Crippen LogP contribution is 2.18. The summed E-state index contributed by atoms with van der Waals surface area (Å²) in [5, 5.41) is 0. The Kier molecular flexibility index (Phi) is 14.5. The van der Waals surface area contributed by atoms with Gasteiger partial charge in [-0.15, -0.1) is 0 Å². The van der Waals surface area contributed by atoms with E-state index in [0.29, 0.717) is 13.2 Å². The summed E-state index contributed by atoms with van der Waals surface area (Å²) in [7, 11) is 1.65. The number of ether oxygens (including phenoxy) is 2. The summed E-state index contributed by atoms with van der Waals surface area (Å²) in [4.78, 5) is 13.1. The third-order valence-corrected chi connectivity index (χ3v) is 2.24. The first-order chi connectivity index (χ1) is 8.29. The molecular formula is C13H29NO3. The lowest BCUT2D eigenvalue weighted by Gasteiger charge is -2.22. The molecule has 0 aromatic carbocycles. The monoisotopic (exact) mass is 247 g/mol. The minimum atomic E-state index is -0.206. The first-order valence-corrected chi connectivity index (χ1v) is 6.72. The Hall–Kier alpha value is -0.770. The molecular weight excluding hydrogens is 218 g/mol. The summed E-state index contributed by atoms with van der Waals surface area (Å²) in [6.07, 6.45) is 1.86. The molecule has 0 spiro atoms. The van der Waals surface area contributed by atoms with Crippen molar-refractivity contribution < 1.29 is 14.3 Å². The van der Waals surface area contributed by atoms with Gasteiger partial charge in [0.1, 0.15) is 0 Å². The maximum absolute atomic E-state index is 11.4. The molecule has 1 aliphatic rings. The van der Waals surface area contributed by atoms with Crippen LogP contribution < -0.4 is 0 Å². The fourth-order valence-electron chi connectivity index (χ4n) is 1.65. The van der Waals surface area contributed by atoms with Crippen molar-refractivity contribution in [3.8, 4) is 0 Å². The molecule has 0 saturated carbocycles. The predicted octanol–water partition coefficient (Wildman–Crippen LogP) is 3.31. The molecule has 1 fully saturated rings. The standard InChI is InChI=1S/C9H17NO3.2C2H6/c1-3-13-9(11)10-6-4-5-8(10)7-12-2;2*1-2/h8H,3-7H2,1-2H3;2*1-2H3. The van der Waals surface area contributed by atoms with Gasteiger partial charge in [-0.2, -0.15) is 0 Å². The van der Waals surface area contributed by atoms with Gasteiger partial charge in [0, 0.05) is 13.7 Å². The van der Waals surface area contributed by atoms with Crippen LogP contribution in [0.2, 0.25) is 0 Å². The molecule has 1 aliphatic heterocycles. The van der Waals surface area contributed by atoms with Crippen molar-refractivity contribution in [2.45, 2.75) is 53.5 Å². The molecule has 0 bridgehead atoms. The highest BCUT2D eigenvalue weighted by molar-refractivity contribution is 5.68. The normalized spacial score (nSPS) is 17.5. The van der Waals surface area contributed by atoms with Crippen molar-refractivity contribution >= 4 is 6.09 Å². The summed E-state index contributed by atoms with van der Waals surface area (Å²) in [5.41, 5.74) is 0. The summed E-state index contributed by atoms with van der Waals surface area (Å²) in [6, 6.07) is 0.212. The molecule has 0 aromatic rings. The molecule has 4 nitrogen and oxygen atoms in total. The van der Waals surface area contributed by atoms with Crippen molar-refractivity contribution in [3.63, 3.8) is 0 Å². The molecule has 0 aromatic heterocycles. The van der Waals surface area contributed by atoms with Crippen LogP contribution in [0.3, 0.4) is 0 Å². The van der Waals surface area contributed by atoms with E-state index in [0.717, 1.165) is 19.4 Å². The molecule has 104 valence electrons. The third kappa shape index (κ3) is 7.21. The van der Waals surface area contributed by atoms with Crippen molar-refractivity contribution in [2.75, 3.05) is 26.9 Å². The number of likely N-dealkylation sites (tertiary alicyclic amines) is 1. The molecule has 1 saturated heterocycles. The second-order valence-corrected chi connectivity index (χ2v) is 3.14. The first kappa shape index (κ1) is 18.6. The topological polar surface area (TPSA) is 38.8 Å². The Morgan fingerprint density at radius 2 is 1.88 bits per heavy atom. The van der Waals surface area contributed by atoms with Crippen LogP contribution in [-0.4, -0.2) is 43.9 Å². The van der Waals surface area contributed by atoms with Crippen molar-refractivity contribution in [1.82, 2.24) is 4.90 Å². The number of hydrogen-bond acceptors (Lipinski definition) is 3. The summed E-state index contributed by atoms with van der Waals surface area (Å²) in [6.45, 7) is 11.7. The van der Waals surface area contributed by atoms with E-state index in [1.165, 1.54) is 0 Å². The van der Waals surface area contributed by atoms with E-state index in [1.807, 2.05) is 34.6 Å². The van der Waals surface area contributed by atoms with Crippen LogP contribution in [-0.2, 0) is 9.47 Å². The molecule has 1 atom stereocenters. The maximum Gasteiger partial charge on any atom is 0.410 e. The lowest BCUT2D eigenvalue weighted by Crippen LogP contribution is -2.38. The highest BCUT2D eigenvalue weighted by atomic mass is 16.6. The maximum atomic E-state index is 11.4. The van der Waals surface area contributed by atoms with Gasteiger partial charge < -0.3 is 14.4 Å².